The number of carbonyl (C=O) groups is 1. The first-order valence-corrected chi connectivity index (χ1v) is 12.0. The van der Waals surface area contributed by atoms with Crippen LogP contribution in [0.3, 0.4) is 0 Å². The van der Waals surface area contributed by atoms with E-state index >= 15 is 0 Å². The van der Waals surface area contributed by atoms with E-state index in [0.29, 0.717) is 6.61 Å². The number of hydrogen-bond donors (Lipinski definition) is 1. The van der Waals surface area contributed by atoms with Gasteiger partial charge in [-0.25, -0.2) is 13.2 Å². The Hall–Kier alpha value is 0.1000. The van der Waals surface area contributed by atoms with Crippen LogP contribution in [0.1, 0.15) is 78.1 Å². The normalized spacial score (nSPS) is 21.6. The first-order valence-electron chi connectivity index (χ1n) is 10.4. The molecule has 1 rings (SSSR count). The Balaban J connectivity index is 0.00000784. The van der Waals surface area contributed by atoms with E-state index in [4.69, 9.17) is 14.2 Å². The molecule has 1 amide bonds. The van der Waals surface area contributed by atoms with Gasteiger partial charge in [-0.2, -0.15) is 0 Å². The quantitative estimate of drug-likeness (QED) is 0.219. The number of amides is 1. The average Bonchev–Trinajstić information content (AvgIpc) is 3.00. The molecule has 10 heteroatoms. The van der Waals surface area contributed by atoms with Crippen molar-refractivity contribution in [3.63, 3.8) is 0 Å². The summed E-state index contributed by atoms with van der Waals surface area (Å²) in [5.74, 6) is -1.14. The maximum atomic E-state index is 11.6. The monoisotopic (exact) mass is 445 g/mol. The Morgan fingerprint density at radius 2 is 1.76 bits per heavy atom. The molecule has 1 N–H and O–H groups in total. The third kappa shape index (κ3) is 15.5. The number of unbranched alkanes of at least 4 members (excludes halogenated alkanes) is 7. The summed E-state index contributed by atoms with van der Waals surface area (Å²) in [6.45, 7) is 4.64. The third-order valence-electron chi connectivity index (χ3n) is 4.72. The molecule has 0 aromatic carbocycles. The first-order chi connectivity index (χ1) is 13.2. The SMILES string of the molecule is CCCCCCCCCCC1(C)OCC(COC(=O)NCCCS(=O)(=O)[O-])O1.[Na+]. The van der Waals surface area contributed by atoms with Gasteiger partial charge in [0.25, 0.3) is 0 Å². The fraction of sp³-hybridized carbons (Fsp3) is 0.947. The minimum atomic E-state index is -4.26. The van der Waals surface area contributed by atoms with E-state index in [-0.39, 0.29) is 55.2 Å². The zero-order chi connectivity index (χ0) is 20.9. The molecule has 1 heterocycles. The van der Waals surface area contributed by atoms with Gasteiger partial charge in [0, 0.05) is 18.7 Å². The van der Waals surface area contributed by atoms with Crippen LogP contribution < -0.4 is 34.9 Å². The molecule has 0 saturated carbocycles. The van der Waals surface area contributed by atoms with Gasteiger partial charge < -0.3 is 24.1 Å². The zero-order valence-corrected chi connectivity index (χ0v) is 21.1. The molecule has 2 unspecified atom stereocenters. The number of nitrogens with one attached hydrogen (secondary N) is 1. The van der Waals surface area contributed by atoms with Crippen molar-refractivity contribution in [1.82, 2.24) is 5.32 Å². The number of ether oxygens (including phenoxy) is 3. The fourth-order valence-electron chi connectivity index (χ4n) is 3.14. The number of carbonyl (C=O) groups excluding carboxylic acids is 1. The smallest absolute Gasteiger partial charge is 0.748 e. The minimum absolute atomic E-state index is 0. The number of alkyl carbamates (subject to hydrolysis) is 1. The summed E-state index contributed by atoms with van der Waals surface area (Å²) in [7, 11) is -4.26. The predicted octanol–water partition coefficient (Wildman–Crippen LogP) is 0.314. The van der Waals surface area contributed by atoms with Gasteiger partial charge in [0.15, 0.2) is 5.79 Å². The van der Waals surface area contributed by atoms with E-state index < -0.39 is 27.8 Å². The molecule has 0 spiro atoms. The average molecular weight is 446 g/mol. The second-order valence-corrected chi connectivity index (χ2v) is 9.07. The molecule has 1 aliphatic heterocycles. The molecule has 8 nitrogen and oxygen atoms in total. The second kappa shape index (κ2) is 15.8. The van der Waals surface area contributed by atoms with Crippen molar-refractivity contribution in [3.8, 4) is 0 Å². The standard InChI is InChI=1S/C19H37NO7S.Na/c1-3-4-5-6-7-8-9-10-12-19(2)26-16-17(27-19)15-25-18(21)20-13-11-14-28(22,23)24;/h17H,3-16H2,1-2H3,(H,20,21)(H,22,23,24);/q;+1/p-1. The largest absolute Gasteiger partial charge is 1.00 e. The van der Waals surface area contributed by atoms with Crippen LogP contribution in [0, 0.1) is 0 Å². The molecule has 1 fully saturated rings. The van der Waals surface area contributed by atoms with Crippen LogP contribution >= 0.6 is 0 Å². The summed E-state index contributed by atoms with van der Waals surface area (Å²) in [6.07, 6.45) is 9.85. The van der Waals surface area contributed by atoms with Crippen LogP contribution in [0.15, 0.2) is 0 Å². The number of hydrogen-bond acceptors (Lipinski definition) is 7. The minimum Gasteiger partial charge on any atom is -0.748 e. The fourth-order valence-corrected chi connectivity index (χ4v) is 3.64. The van der Waals surface area contributed by atoms with Gasteiger partial charge >= 0.3 is 35.7 Å². The molecule has 0 aromatic heterocycles. The Morgan fingerprint density at radius 3 is 2.38 bits per heavy atom. The van der Waals surface area contributed by atoms with Gasteiger partial charge in [0.1, 0.15) is 12.7 Å². The van der Waals surface area contributed by atoms with Crippen LogP contribution in [0.5, 0.6) is 0 Å². The summed E-state index contributed by atoms with van der Waals surface area (Å²) in [5, 5.41) is 2.41. The second-order valence-electron chi connectivity index (χ2n) is 7.55. The molecular weight excluding hydrogens is 409 g/mol. The van der Waals surface area contributed by atoms with Crippen molar-refractivity contribution in [3.05, 3.63) is 0 Å². The van der Waals surface area contributed by atoms with E-state index in [1.165, 1.54) is 38.5 Å². The summed E-state index contributed by atoms with van der Waals surface area (Å²) in [5.41, 5.74) is 0. The Kier molecular flexibility index (Phi) is 15.9. The molecule has 0 radical (unpaired) electrons. The van der Waals surface area contributed by atoms with Crippen molar-refractivity contribution >= 4 is 16.2 Å². The maximum Gasteiger partial charge on any atom is 1.00 e. The molecule has 1 aliphatic rings. The molecule has 2 atom stereocenters. The van der Waals surface area contributed by atoms with Gasteiger partial charge in [-0.15, -0.1) is 0 Å². The van der Waals surface area contributed by atoms with Crippen LogP contribution in [0.2, 0.25) is 0 Å². The van der Waals surface area contributed by atoms with Crippen molar-refractivity contribution in [2.24, 2.45) is 0 Å². The molecule has 1 saturated heterocycles. The summed E-state index contributed by atoms with van der Waals surface area (Å²) in [6, 6.07) is 0. The molecule has 0 aliphatic carbocycles. The molecule has 0 aromatic rings. The van der Waals surface area contributed by atoms with Gasteiger partial charge in [-0.1, -0.05) is 51.9 Å². The van der Waals surface area contributed by atoms with Gasteiger partial charge in [-0.3, -0.25) is 0 Å². The summed E-state index contributed by atoms with van der Waals surface area (Å²) in [4.78, 5) is 11.6. The molecule has 0 bridgehead atoms. The predicted molar refractivity (Wildman–Crippen MR) is 105 cm³/mol. The van der Waals surface area contributed by atoms with Crippen LogP contribution in [0.25, 0.3) is 0 Å². The van der Waals surface area contributed by atoms with Gasteiger partial charge in [0.2, 0.25) is 0 Å². The van der Waals surface area contributed by atoms with Gasteiger partial charge in [-0.05, 0) is 19.8 Å². The van der Waals surface area contributed by atoms with E-state index in [2.05, 4.69) is 12.2 Å². The first kappa shape index (κ1) is 29.1. The van der Waals surface area contributed by atoms with Crippen molar-refractivity contribution in [1.29, 1.82) is 0 Å². The van der Waals surface area contributed by atoms with E-state index in [0.717, 1.165) is 19.3 Å². The Morgan fingerprint density at radius 1 is 1.14 bits per heavy atom. The van der Waals surface area contributed by atoms with Crippen LogP contribution in [0.4, 0.5) is 4.79 Å². The van der Waals surface area contributed by atoms with Crippen molar-refractivity contribution < 1.29 is 61.5 Å². The van der Waals surface area contributed by atoms with E-state index in [1.807, 2.05) is 6.92 Å². The zero-order valence-electron chi connectivity index (χ0n) is 18.2. The van der Waals surface area contributed by atoms with Crippen LogP contribution in [-0.4, -0.2) is 56.5 Å². The molecule has 166 valence electrons. The van der Waals surface area contributed by atoms with Crippen molar-refractivity contribution in [2.75, 3.05) is 25.5 Å². The summed E-state index contributed by atoms with van der Waals surface area (Å²) < 4.78 is 48.1. The molecule has 29 heavy (non-hydrogen) atoms. The maximum absolute atomic E-state index is 11.6. The van der Waals surface area contributed by atoms with Crippen LogP contribution in [-0.2, 0) is 24.3 Å². The Labute approximate surface area is 197 Å². The Bertz CT molecular complexity index is 547. The third-order valence-corrected chi connectivity index (χ3v) is 5.50. The van der Waals surface area contributed by atoms with Crippen molar-refractivity contribution in [2.45, 2.75) is 89.9 Å². The van der Waals surface area contributed by atoms with E-state index in [1.54, 1.807) is 0 Å². The molecular formula is C19H36NNaO7S. The summed E-state index contributed by atoms with van der Waals surface area (Å²) >= 11 is 0. The number of rotatable bonds is 15. The van der Waals surface area contributed by atoms with E-state index in [9.17, 15) is 17.8 Å². The van der Waals surface area contributed by atoms with Gasteiger partial charge in [0.05, 0.1) is 16.7 Å². The topological polar surface area (TPSA) is 114 Å².